The molecule has 3 heteroatoms. The van der Waals surface area contributed by atoms with Crippen LogP contribution in [0.3, 0.4) is 0 Å². The topological polar surface area (TPSA) is 18.5 Å². The van der Waals surface area contributed by atoms with E-state index < -0.39 is 0 Å². The van der Waals surface area contributed by atoms with Gasteiger partial charge in [-0.1, -0.05) is 56.0 Å². The zero-order valence-electron chi connectivity index (χ0n) is 16.4. The van der Waals surface area contributed by atoms with E-state index in [1.54, 1.807) is 0 Å². The van der Waals surface area contributed by atoms with Crippen LogP contribution in [0.4, 0.5) is 0 Å². The summed E-state index contributed by atoms with van der Waals surface area (Å²) in [6, 6.07) is 0. The smallest absolute Gasteiger partial charge is 0.160 e. The maximum atomic E-state index is 6.66. The maximum Gasteiger partial charge on any atom is 0.160 e. The van der Waals surface area contributed by atoms with Crippen molar-refractivity contribution in [1.82, 2.24) is 0 Å². The molecule has 4 aliphatic rings. The van der Waals surface area contributed by atoms with Crippen molar-refractivity contribution < 1.29 is 9.47 Å². The van der Waals surface area contributed by atoms with Gasteiger partial charge in [0, 0.05) is 16.7 Å². The predicted molar refractivity (Wildman–Crippen MR) is 106 cm³/mol. The average molecular weight is 413 g/mol. The molecule has 0 aromatic carbocycles. The fraction of sp³-hybridized carbons (Fsp3) is 1.00. The Morgan fingerprint density at radius 1 is 1.00 bits per heavy atom. The van der Waals surface area contributed by atoms with Crippen molar-refractivity contribution in [2.45, 2.75) is 91.0 Å². The van der Waals surface area contributed by atoms with Crippen LogP contribution in [-0.2, 0) is 9.47 Å². The van der Waals surface area contributed by atoms with Gasteiger partial charge in [0.2, 0.25) is 0 Å². The molecule has 1 aliphatic heterocycles. The van der Waals surface area contributed by atoms with E-state index in [4.69, 9.17) is 9.47 Å². The van der Waals surface area contributed by atoms with Crippen molar-refractivity contribution in [3.05, 3.63) is 0 Å². The van der Waals surface area contributed by atoms with Gasteiger partial charge in [-0.25, -0.2) is 0 Å². The molecule has 25 heavy (non-hydrogen) atoms. The summed E-state index contributed by atoms with van der Waals surface area (Å²) in [5.41, 5.74) is 0.677. The lowest BCUT2D eigenvalue weighted by Gasteiger charge is -2.63. The van der Waals surface area contributed by atoms with Crippen molar-refractivity contribution in [1.29, 1.82) is 0 Å². The zero-order valence-corrected chi connectivity index (χ0v) is 18.0. The minimum atomic E-state index is 0.0887. The molecule has 0 N–H and O–H groups in total. The summed E-state index contributed by atoms with van der Waals surface area (Å²) in [4.78, 5) is 0. The fourth-order valence-corrected chi connectivity index (χ4v) is 7.89. The molecule has 0 amide bonds. The van der Waals surface area contributed by atoms with Gasteiger partial charge in [0.05, 0.1) is 12.7 Å². The molecule has 3 saturated carbocycles. The molecule has 2 unspecified atom stereocenters. The van der Waals surface area contributed by atoms with Crippen molar-refractivity contribution in [3.63, 3.8) is 0 Å². The summed E-state index contributed by atoms with van der Waals surface area (Å²) < 4.78 is 13.1. The Bertz CT molecular complexity index is 477. The first-order chi connectivity index (χ1) is 12.0. The first-order valence-electron chi connectivity index (χ1n) is 10.8. The van der Waals surface area contributed by atoms with Crippen LogP contribution in [-0.4, -0.2) is 24.3 Å². The Morgan fingerprint density at radius 3 is 2.48 bits per heavy atom. The molecule has 4 rings (SSSR count). The number of fused-ring (bicyclic) bond motifs is 3. The molecule has 0 aromatic rings. The standard InChI is InChI=1S/C22H37BrO2/c1-15-8-9-18-21(2,17(15)11-13-23)12-10-19-22(18,3)14-24-20(25-19)16-6-4-5-7-16/h15-20H,4-14H2,1-3H3/t15?,17-,18?,19-,20-,21+,22+/m1/s1. The lowest BCUT2D eigenvalue weighted by atomic mass is 9.45. The number of hydrogen-bond donors (Lipinski definition) is 0. The molecule has 3 aliphatic carbocycles. The summed E-state index contributed by atoms with van der Waals surface area (Å²) >= 11 is 3.73. The van der Waals surface area contributed by atoms with E-state index in [1.807, 2.05) is 0 Å². The van der Waals surface area contributed by atoms with E-state index in [0.717, 1.165) is 29.7 Å². The Hall–Kier alpha value is 0.400. The largest absolute Gasteiger partial charge is 0.352 e. The van der Waals surface area contributed by atoms with Crippen molar-refractivity contribution in [2.75, 3.05) is 11.9 Å². The van der Waals surface area contributed by atoms with Gasteiger partial charge in [0.15, 0.2) is 6.29 Å². The van der Waals surface area contributed by atoms with Crippen molar-refractivity contribution in [3.8, 4) is 0 Å². The molecule has 1 saturated heterocycles. The van der Waals surface area contributed by atoms with E-state index in [0.29, 0.717) is 17.4 Å². The van der Waals surface area contributed by atoms with Crippen LogP contribution in [0.2, 0.25) is 0 Å². The second kappa shape index (κ2) is 7.09. The van der Waals surface area contributed by atoms with Crippen LogP contribution >= 0.6 is 15.9 Å². The van der Waals surface area contributed by atoms with E-state index in [1.165, 1.54) is 57.8 Å². The van der Waals surface area contributed by atoms with Gasteiger partial charge in [0.25, 0.3) is 0 Å². The van der Waals surface area contributed by atoms with Gasteiger partial charge < -0.3 is 9.47 Å². The minimum Gasteiger partial charge on any atom is -0.352 e. The van der Waals surface area contributed by atoms with Crippen molar-refractivity contribution in [2.24, 2.45) is 34.5 Å². The van der Waals surface area contributed by atoms with E-state index in [-0.39, 0.29) is 11.7 Å². The third-order valence-electron chi connectivity index (χ3n) is 8.78. The summed E-state index contributed by atoms with van der Waals surface area (Å²) in [5.74, 6) is 3.11. The summed E-state index contributed by atoms with van der Waals surface area (Å²) in [6.45, 7) is 8.51. The van der Waals surface area contributed by atoms with Gasteiger partial charge in [-0.05, 0) is 61.7 Å². The Labute approximate surface area is 162 Å². The fourth-order valence-electron chi connectivity index (χ4n) is 7.40. The quantitative estimate of drug-likeness (QED) is 0.515. The van der Waals surface area contributed by atoms with Crippen LogP contribution in [0, 0.1) is 34.5 Å². The predicted octanol–water partition coefficient (Wildman–Crippen LogP) is 6.17. The summed E-state index contributed by atoms with van der Waals surface area (Å²) in [7, 11) is 0. The molecular formula is C22H37BrO2. The SMILES string of the molecule is CC1CCC2[C@]3(C)CO[C@@H](C4CCCC4)O[C@@H]3CC[C@@]2(C)[C@@H]1CCBr. The molecular weight excluding hydrogens is 376 g/mol. The van der Waals surface area contributed by atoms with E-state index in [9.17, 15) is 0 Å². The average Bonchev–Trinajstić information content (AvgIpc) is 3.12. The van der Waals surface area contributed by atoms with Crippen LogP contribution in [0.5, 0.6) is 0 Å². The molecule has 7 atom stereocenters. The van der Waals surface area contributed by atoms with Crippen molar-refractivity contribution >= 4 is 15.9 Å². The normalized spacial score (nSPS) is 51.1. The van der Waals surface area contributed by atoms with Gasteiger partial charge in [-0.2, -0.15) is 0 Å². The van der Waals surface area contributed by atoms with E-state index >= 15 is 0 Å². The van der Waals surface area contributed by atoms with Crippen LogP contribution in [0.25, 0.3) is 0 Å². The van der Waals surface area contributed by atoms with Gasteiger partial charge >= 0.3 is 0 Å². The highest BCUT2D eigenvalue weighted by Gasteiger charge is 2.60. The van der Waals surface area contributed by atoms with E-state index in [2.05, 4.69) is 36.7 Å². The molecule has 1 heterocycles. The summed E-state index contributed by atoms with van der Waals surface area (Å²) in [6.07, 6.45) is 12.5. The highest BCUT2D eigenvalue weighted by Crippen LogP contribution is 2.63. The number of hydrogen-bond acceptors (Lipinski definition) is 2. The molecule has 0 spiro atoms. The Kier molecular flexibility index (Phi) is 5.32. The molecule has 0 aromatic heterocycles. The summed E-state index contributed by atoms with van der Waals surface area (Å²) in [5, 5.41) is 1.14. The first kappa shape index (κ1) is 18.7. The number of alkyl halides is 1. The minimum absolute atomic E-state index is 0.0887. The monoisotopic (exact) mass is 412 g/mol. The lowest BCUT2D eigenvalue weighted by Crippen LogP contribution is -2.62. The number of ether oxygens (including phenoxy) is 2. The molecule has 144 valence electrons. The zero-order chi connectivity index (χ0) is 17.7. The molecule has 0 radical (unpaired) electrons. The third kappa shape index (κ3) is 3.05. The second-order valence-corrected chi connectivity index (χ2v) is 10.9. The highest BCUT2D eigenvalue weighted by molar-refractivity contribution is 9.09. The Balaban J connectivity index is 1.54. The van der Waals surface area contributed by atoms with Crippen LogP contribution < -0.4 is 0 Å². The Morgan fingerprint density at radius 2 is 1.76 bits per heavy atom. The van der Waals surface area contributed by atoms with Gasteiger partial charge in [-0.15, -0.1) is 0 Å². The van der Waals surface area contributed by atoms with Crippen LogP contribution in [0.15, 0.2) is 0 Å². The third-order valence-corrected chi connectivity index (χ3v) is 9.24. The first-order valence-corrected chi connectivity index (χ1v) is 11.9. The number of rotatable bonds is 3. The molecule has 0 bridgehead atoms. The van der Waals surface area contributed by atoms with Crippen LogP contribution in [0.1, 0.15) is 78.6 Å². The van der Waals surface area contributed by atoms with Gasteiger partial charge in [-0.3, -0.25) is 0 Å². The second-order valence-electron chi connectivity index (χ2n) is 10.1. The van der Waals surface area contributed by atoms with Gasteiger partial charge in [0.1, 0.15) is 0 Å². The highest BCUT2D eigenvalue weighted by atomic mass is 79.9. The molecule has 4 fully saturated rings. The number of halogens is 1. The lowest BCUT2D eigenvalue weighted by molar-refractivity contribution is -0.319. The molecule has 2 nitrogen and oxygen atoms in total. The maximum absolute atomic E-state index is 6.66.